The van der Waals surface area contributed by atoms with E-state index in [1.54, 1.807) is 0 Å². The molecule has 0 radical (unpaired) electrons. The van der Waals surface area contributed by atoms with Crippen molar-refractivity contribution in [3.05, 3.63) is 0 Å². The van der Waals surface area contributed by atoms with E-state index in [1.807, 2.05) is 0 Å². The SMILES string of the molecule is CC(C)N1CCN(C2CCC(C(C)(C)C)CC2)CC1. The molecule has 2 fully saturated rings. The van der Waals surface area contributed by atoms with Crippen molar-refractivity contribution in [1.29, 1.82) is 0 Å². The molecule has 0 amide bonds. The lowest BCUT2D eigenvalue weighted by Gasteiger charge is -2.45. The highest BCUT2D eigenvalue weighted by Crippen LogP contribution is 2.39. The van der Waals surface area contributed by atoms with Crippen molar-refractivity contribution in [3.63, 3.8) is 0 Å². The first-order valence-electron chi connectivity index (χ1n) is 8.36. The zero-order chi connectivity index (χ0) is 14.0. The largest absolute Gasteiger partial charge is 0.298 e. The first-order valence-corrected chi connectivity index (χ1v) is 8.36. The van der Waals surface area contributed by atoms with Crippen molar-refractivity contribution >= 4 is 0 Å². The Morgan fingerprint density at radius 1 is 0.842 bits per heavy atom. The molecular weight excluding hydrogens is 232 g/mol. The highest BCUT2D eigenvalue weighted by Gasteiger charge is 2.33. The lowest BCUT2D eigenvalue weighted by atomic mass is 9.71. The summed E-state index contributed by atoms with van der Waals surface area (Å²) in [4.78, 5) is 5.40. The molecule has 19 heavy (non-hydrogen) atoms. The normalized spacial score (nSPS) is 31.9. The minimum absolute atomic E-state index is 0.515. The molecule has 0 unspecified atom stereocenters. The molecule has 0 bridgehead atoms. The second-order valence-corrected chi connectivity index (χ2v) is 8.04. The van der Waals surface area contributed by atoms with E-state index in [1.165, 1.54) is 51.9 Å². The fourth-order valence-corrected chi connectivity index (χ4v) is 3.93. The lowest BCUT2D eigenvalue weighted by Crippen LogP contribution is -2.52. The van der Waals surface area contributed by atoms with Crippen LogP contribution in [0.1, 0.15) is 60.3 Å². The number of rotatable bonds is 2. The highest BCUT2D eigenvalue weighted by molar-refractivity contribution is 4.87. The summed E-state index contributed by atoms with van der Waals surface area (Å²) in [5.41, 5.74) is 0.515. The summed E-state index contributed by atoms with van der Waals surface area (Å²) in [5, 5.41) is 0. The maximum atomic E-state index is 2.78. The molecule has 0 aromatic rings. The minimum atomic E-state index is 0.515. The van der Waals surface area contributed by atoms with Gasteiger partial charge in [-0.2, -0.15) is 0 Å². The summed E-state index contributed by atoms with van der Waals surface area (Å²) in [6.45, 7) is 17.0. The van der Waals surface area contributed by atoms with Gasteiger partial charge in [0.2, 0.25) is 0 Å². The molecule has 1 aliphatic carbocycles. The summed E-state index contributed by atoms with van der Waals surface area (Å²) < 4.78 is 0. The summed E-state index contributed by atoms with van der Waals surface area (Å²) in [7, 11) is 0. The molecular formula is C17H34N2. The fraction of sp³-hybridized carbons (Fsp3) is 1.00. The van der Waals surface area contributed by atoms with E-state index in [9.17, 15) is 0 Å². The smallest absolute Gasteiger partial charge is 0.0113 e. The van der Waals surface area contributed by atoms with Crippen molar-refractivity contribution in [2.45, 2.75) is 72.4 Å². The summed E-state index contributed by atoms with van der Waals surface area (Å²) in [5.74, 6) is 0.945. The van der Waals surface area contributed by atoms with Crippen LogP contribution >= 0.6 is 0 Å². The van der Waals surface area contributed by atoms with Gasteiger partial charge in [0.05, 0.1) is 0 Å². The third-order valence-electron chi connectivity index (χ3n) is 5.52. The molecule has 1 aliphatic heterocycles. The number of piperazine rings is 1. The quantitative estimate of drug-likeness (QED) is 0.753. The monoisotopic (exact) mass is 266 g/mol. The third-order valence-corrected chi connectivity index (χ3v) is 5.52. The van der Waals surface area contributed by atoms with E-state index in [0.29, 0.717) is 5.41 Å². The van der Waals surface area contributed by atoms with Gasteiger partial charge in [-0.3, -0.25) is 9.80 Å². The van der Waals surface area contributed by atoms with Crippen LogP contribution in [0, 0.1) is 11.3 Å². The fourth-order valence-electron chi connectivity index (χ4n) is 3.93. The van der Waals surface area contributed by atoms with Gasteiger partial charge in [-0.05, 0) is 50.9 Å². The van der Waals surface area contributed by atoms with Gasteiger partial charge >= 0.3 is 0 Å². The first-order chi connectivity index (χ1) is 8.88. The summed E-state index contributed by atoms with van der Waals surface area (Å²) in [6.07, 6.45) is 5.75. The topological polar surface area (TPSA) is 6.48 Å². The van der Waals surface area contributed by atoms with E-state index in [2.05, 4.69) is 44.4 Å². The van der Waals surface area contributed by atoms with Crippen LogP contribution < -0.4 is 0 Å². The van der Waals surface area contributed by atoms with E-state index in [-0.39, 0.29) is 0 Å². The van der Waals surface area contributed by atoms with Crippen LogP contribution in [-0.4, -0.2) is 48.1 Å². The van der Waals surface area contributed by atoms with E-state index in [4.69, 9.17) is 0 Å². The molecule has 0 aromatic heterocycles. The molecule has 0 aromatic carbocycles. The Bertz CT molecular complexity index is 263. The number of hydrogen-bond donors (Lipinski definition) is 0. The van der Waals surface area contributed by atoms with Gasteiger partial charge in [0.25, 0.3) is 0 Å². The zero-order valence-corrected chi connectivity index (χ0v) is 13.8. The lowest BCUT2D eigenvalue weighted by molar-refractivity contribution is 0.0446. The van der Waals surface area contributed by atoms with Crippen LogP contribution in [0.2, 0.25) is 0 Å². The van der Waals surface area contributed by atoms with Gasteiger partial charge in [-0.1, -0.05) is 20.8 Å². The van der Waals surface area contributed by atoms with Crippen LogP contribution in [0.15, 0.2) is 0 Å². The van der Waals surface area contributed by atoms with E-state index in [0.717, 1.165) is 18.0 Å². The van der Waals surface area contributed by atoms with Gasteiger partial charge in [0.1, 0.15) is 0 Å². The van der Waals surface area contributed by atoms with Crippen LogP contribution in [0.4, 0.5) is 0 Å². The summed E-state index contributed by atoms with van der Waals surface area (Å²) >= 11 is 0. The third kappa shape index (κ3) is 3.95. The van der Waals surface area contributed by atoms with Crippen LogP contribution in [0.5, 0.6) is 0 Å². The Kier molecular flexibility index (Phi) is 4.94. The Morgan fingerprint density at radius 2 is 1.37 bits per heavy atom. The molecule has 2 aliphatic rings. The van der Waals surface area contributed by atoms with Crippen molar-refractivity contribution in [2.75, 3.05) is 26.2 Å². The second-order valence-electron chi connectivity index (χ2n) is 8.04. The average Bonchev–Trinajstić information content (AvgIpc) is 2.38. The number of hydrogen-bond acceptors (Lipinski definition) is 2. The van der Waals surface area contributed by atoms with Crippen LogP contribution in [-0.2, 0) is 0 Å². The molecule has 1 saturated carbocycles. The molecule has 0 N–H and O–H groups in total. The maximum absolute atomic E-state index is 2.78. The predicted molar refractivity (Wildman–Crippen MR) is 83.5 cm³/mol. The van der Waals surface area contributed by atoms with Gasteiger partial charge in [-0.25, -0.2) is 0 Å². The Hall–Kier alpha value is -0.0800. The van der Waals surface area contributed by atoms with Crippen LogP contribution in [0.25, 0.3) is 0 Å². The molecule has 1 saturated heterocycles. The number of nitrogens with zero attached hydrogens (tertiary/aromatic N) is 2. The van der Waals surface area contributed by atoms with Crippen LogP contribution in [0.3, 0.4) is 0 Å². The maximum Gasteiger partial charge on any atom is 0.0113 e. The Balaban J connectivity index is 1.77. The standard InChI is InChI=1S/C17H34N2/c1-14(2)18-10-12-19(13-11-18)16-8-6-15(7-9-16)17(3,4)5/h14-16H,6-13H2,1-5H3. The van der Waals surface area contributed by atoms with Crippen molar-refractivity contribution in [3.8, 4) is 0 Å². The van der Waals surface area contributed by atoms with Crippen molar-refractivity contribution < 1.29 is 0 Å². The molecule has 2 rings (SSSR count). The van der Waals surface area contributed by atoms with Gasteiger partial charge < -0.3 is 0 Å². The molecule has 0 atom stereocenters. The highest BCUT2D eigenvalue weighted by atomic mass is 15.3. The van der Waals surface area contributed by atoms with Crippen molar-refractivity contribution in [1.82, 2.24) is 9.80 Å². The van der Waals surface area contributed by atoms with Gasteiger partial charge in [-0.15, -0.1) is 0 Å². The molecule has 1 heterocycles. The average molecular weight is 266 g/mol. The minimum Gasteiger partial charge on any atom is -0.298 e. The Morgan fingerprint density at radius 3 is 1.79 bits per heavy atom. The van der Waals surface area contributed by atoms with E-state index >= 15 is 0 Å². The van der Waals surface area contributed by atoms with E-state index < -0.39 is 0 Å². The van der Waals surface area contributed by atoms with Crippen molar-refractivity contribution in [2.24, 2.45) is 11.3 Å². The molecule has 112 valence electrons. The molecule has 2 heteroatoms. The molecule has 2 nitrogen and oxygen atoms in total. The van der Waals surface area contributed by atoms with Gasteiger partial charge in [0, 0.05) is 38.3 Å². The second kappa shape index (κ2) is 6.13. The summed E-state index contributed by atoms with van der Waals surface area (Å²) in [6, 6.07) is 1.60. The van der Waals surface area contributed by atoms with Gasteiger partial charge in [0.15, 0.2) is 0 Å². The molecule has 0 spiro atoms. The first kappa shape index (κ1) is 15.3. The zero-order valence-electron chi connectivity index (χ0n) is 13.8. The predicted octanol–water partition coefficient (Wildman–Crippen LogP) is 3.62. The Labute approximate surface area is 120 Å².